The molecule has 6 rings (SSSR count). The molecule has 0 unspecified atom stereocenters. The third kappa shape index (κ3) is 6.13. The van der Waals surface area contributed by atoms with Crippen molar-refractivity contribution in [2.45, 2.75) is 38.8 Å². The van der Waals surface area contributed by atoms with E-state index in [1.807, 2.05) is 25.1 Å². The summed E-state index contributed by atoms with van der Waals surface area (Å²) >= 11 is 6.61. The minimum atomic E-state index is -0.431. The number of fused-ring (bicyclic) bond motifs is 3. The van der Waals surface area contributed by atoms with Gasteiger partial charge in [0.1, 0.15) is 6.61 Å². The molecule has 0 aromatic heterocycles. The summed E-state index contributed by atoms with van der Waals surface area (Å²) in [5.41, 5.74) is 7.57. The van der Waals surface area contributed by atoms with Crippen LogP contribution in [0.25, 0.3) is 0 Å². The number of rotatable bonds is 9. The molecule has 218 valence electrons. The molecule has 0 saturated heterocycles. The second-order valence-electron chi connectivity index (χ2n) is 10.9. The molecule has 43 heavy (non-hydrogen) atoms. The van der Waals surface area contributed by atoms with Gasteiger partial charge in [0.05, 0.1) is 28.3 Å². The third-order valence-electron chi connectivity index (χ3n) is 8.00. The number of ether oxygens (including phenoxy) is 2. The lowest BCUT2D eigenvalue weighted by Gasteiger charge is -2.37. The Balaban J connectivity index is 1.16. The van der Waals surface area contributed by atoms with E-state index in [4.69, 9.17) is 26.1 Å². The smallest absolute Gasteiger partial charge is 0.269 e. The Kier molecular flexibility index (Phi) is 8.16. The molecule has 2 aliphatic rings. The number of benzene rings is 4. The number of hydrogen-bond donors (Lipinski definition) is 1. The van der Waals surface area contributed by atoms with Crippen molar-refractivity contribution >= 4 is 34.9 Å². The van der Waals surface area contributed by atoms with Gasteiger partial charge in [-0.15, -0.1) is 0 Å². The van der Waals surface area contributed by atoms with Gasteiger partial charge in [0.25, 0.3) is 5.69 Å². The number of hydrogen-bond acceptors (Lipinski definition) is 6. The number of anilines is 1. The minimum absolute atomic E-state index is 0.0290. The van der Waals surface area contributed by atoms with Crippen molar-refractivity contribution in [3.8, 4) is 11.5 Å². The zero-order valence-corrected chi connectivity index (χ0v) is 24.8. The summed E-state index contributed by atoms with van der Waals surface area (Å²) < 4.78 is 11.8. The van der Waals surface area contributed by atoms with E-state index in [0.29, 0.717) is 35.0 Å². The van der Waals surface area contributed by atoms with Gasteiger partial charge in [-0.1, -0.05) is 53.6 Å². The van der Waals surface area contributed by atoms with Gasteiger partial charge in [-0.3, -0.25) is 15.1 Å². The van der Waals surface area contributed by atoms with Gasteiger partial charge < -0.3 is 14.8 Å². The molecular formula is C35H32ClN3O4. The fourth-order valence-electron chi connectivity index (χ4n) is 5.90. The van der Waals surface area contributed by atoms with Crippen molar-refractivity contribution in [2.75, 3.05) is 11.9 Å². The van der Waals surface area contributed by atoms with Crippen molar-refractivity contribution in [1.82, 2.24) is 0 Å². The van der Waals surface area contributed by atoms with E-state index in [2.05, 4.69) is 54.7 Å². The number of nitro benzene ring substituents is 1. The van der Waals surface area contributed by atoms with Crippen LogP contribution in [-0.2, 0) is 6.61 Å². The largest absolute Gasteiger partial charge is 0.490 e. The molecule has 0 amide bonds. The Morgan fingerprint density at radius 3 is 2.58 bits per heavy atom. The standard InChI is InChI=1S/C35H32ClN3O4/c1-3-42-33-19-24(18-31(36)35(33)43-21-23-8-14-27(15-9-23)39(40)41)20-37-26-12-10-25(11-13-26)34-29-6-4-5-28(29)30-17-22(2)7-16-32(30)38-34/h4-5,7-20,28-29,34,38H,3,6,21H2,1-2H3/t28-,29-,34+/m1/s1. The van der Waals surface area contributed by atoms with Gasteiger partial charge in [-0.25, -0.2) is 0 Å². The van der Waals surface area contributed by atoms with Gasteiger partial charge in [-0.05, 0) is 90.9 Å². The predicted molar refractivity (Wildman–Crippen MR) is 171 cm³/mol. The molecule has 1 aliphatic heterocycles. The fraction of sp³-hybridized carbons (Fsp3) is 0.229. The number of non-ortho nitro benzene ring substituents is 1. The molecule has 1 heterocycles. The molecule has 0 fully saturated rings. The summed E-state index contributed by atoms with van der Waals surface area (Å²) in [6.07, 6.45) is 7.50. The van der Waals surface area contributed by atoms with E-state index >= 15 is 0 Å². The van der Waals surface area contributed by atoms with Crippen LogP contribution in [-0.4, -0.2) is 17.7 Å². The molecular weight excluding hydrogens is 562 g/mol. The molecule has 8 heteroatoms. The maximum absolute atomic E-state index is 10.9. The number of aliphatic imine (C=N–C) groups is 1. The van der Waals surface area contributed by atoms with Crippen LogP contribution in [0, 0.1) is 23.0 Å². The van der Waals surface area contributed by atoms with Crippen LogP contribution in [0.2, 0.25) is 5.02 Å². The van der Waals surface area contributed by atoms with Gasteiger partial charge >= 0.3 is 0 Å². The third-order valence-corrected chi connectivity index (χ3v) is 8.28. The topological polar surface area (TPSA) is 86.0 Å². The fourth-order valence-corrected chi connectivity index (χ4v) is 6.17. The average Bonchev–Trinajstić information content (AvgIpc) is 3.51. The Morgan fingerprint density at radius 2 is 1.84 bits per heavy atom. The van der Waals surface area contributed by atoms with Crippen LogP contribution < -0.4 is 14.8 Å². The highest BCUT2D eigenvalue weighted by molar-refractivity contribution is 6.32. The van der Waals surface area contributed by atoms with Crippen LogP contribution in [0.15, 0.2) is 96.0 Å². The summed E-state index contributed by atoms with van der Waals surface area (Å²) in [5.74, 6) is 1.85. The predicted octanol–water partition coefficient (Wildman–Crippen LogP) is 9.11. The van der Waals surface area contributed by atoms with Crippen molar-refractivity contribution < 1.29 is 14.4 Å². The molecule has 0 bridgehead atoms. The minimum Gasteiger partial charge on any atom is -0.490 e. The highest BCUT2D eigenvalue weighted by Gasteiger charge is 2.37. The zero-order chi connectivity index (χ0) is 29.9. The summed E-state index contributed by atoms with van der Waals surface area (Å²) in [4.78, 5) is 15.2. The summed E-state index contributed by atoms with van der Waals surface area (Å²) in [5, 5.41) is 15.1. The van der Waals surface area contributed by atoms with E-state index in [0.717, 1.165) is 23.2 Å². The first kappa shape index (κ1) is 28.5. The molecule has 0 saturated carbocycles. The van der Waals surface area contributed by atoms with Crippen LogP contribution >= 0.6 is 11.6 Å². The molecule has 0 radical (unpaired) electrons. The quantitative estimate of drug-likeness (QED) is 0.0905. The first-order chi connectivity index (χ1) is 20.9. The average molecular weight is 594 g/mol. The second-order valence-corrected chi connectivity index (χ2v) is 11.3. The van der Waals surface area contributed by atoms with E-state index in [-0.39, 0.29) is 18.3 Å². The Labute approximate surface area is 256 Å². The number of nitrogens with one attached hydrogen (secondary N) is 1. The van der Waals surface area contributed by atoms with Crippen molar-refractivity contribution in [1.29, 1.82) is 0 Å². The number of nitrogens with zero attached hydrogens (tertiary/aromatic N) is 2. The number of aryl methyl sites for hydroxylation is 1. The van der Waals surface area contributed by atoms with Crippen molar-refractivity contribution in [2.24, 2.45) is 10.9 Å². The lowest BCUT2D eigenvalue weighted by atomic mass is 9.76. The van der Waals surface area contributed by atoms with Gasteiger partial charge in [-0.2, -0.15) is 0 Å². The normalized spacial score (nSPS) is 18.6. The van der Waals surface area contributed by atoms with Gasteiger partial charge in [0.2, 0.25) is 0 Å². The Morgan fingerprint density at radius 1 is 1.05 bits per heavy atom. The molecule has 4 aromatic carbocycles. The van der Waals surface area contributed by atoms with Gasteiger partial charge in [0.15, 0.2) is 11.5 Å². The molecule has 0 spiro atoms. The SMILES string of the molecule is CCOc1cc(C=Nc2ccc([C@@H]3Nc4ccc(C)cc4[C@@H]4C=CC[C@H]43)cc2)cc(Cl)c1OCc1ccc([N+](=O)[O-])cc1. The summed E-state index contributed by atoms with van der Waals surface area (Å²) in [7, 11) is 0. The van der Waals surface area contributed by atoms with Crippen molar-refractivity contribution in [3.05, 3.63) is 134 Å². The number of allylic oxidation sites excluding steroid dienone is 2. The van der Waals surface area contributed by atoms with E-state index < -0.39 is 4.92 Å². The first-order valence-corrected chi connectivity index (χ1v) is 14.8. The first-order valence-electron chi connectivity index (χ1n) is 14.4. The second kappa shape index (κ2) is 12.3. The van der Waals surface area contributed by atoms with Crippen LogP contribution in [0.5, 0.6) is 11.5 Å². The highest BCUT2D eigenvalue weighted by Crippen LogP contribution is 2.50. The maximum atomic E-state index is 10.9. The summed E-state index contributed by atoms with van der Waals surface area (Å²) in [6, 6.07) is 25.2. The molecule has 1 aliphatic carbocycles. The number of halogens is 1. The lowest BCUT2D eigenvalue weighted by Crippen LogP contribution is -2.29. The van der Waals surface area contributed by atoms with E-state index in [1.54, 1.807) is 24.4 Å². The monoisotopic (exact) mass is 593 g/mol. The van der Waals surface area contributed by atoms with E-state index in [1.165, 1.54) is 34.5 Å². The van der Waals surface area contributed by atoms with E-state index in [9.17, 15) is 10.1 Å². The van der Waals surface area contributed by atoms with Crippen LogP contribution in [0.4, 0.5) is 17.1 Å². The zero-order valence-electron chi connectivity index (χ0n) is 24.0. The Bertz CT molecular complexity index is 1700. The molecule has 1 N–H and O–H groups in total. The Hall–Kier alpha value is -4.62. The van der Waals surface area contributed by atoms with Crippen LogP contribution in [0.1, 0.15) is 53.1 Å². The number of nitro groups is 1. The molecule has 4 aromatic rings. The highest BCUT2D eigenvalue weighted by atomic mass is 35.5. The summed E-state index contributed by atoms with van der Waals surface area (Å²) in [6.45, 7) is 4.66. The maximum Gasteiger partial charge on any atom is 0.269 e. The van der Waals surface area contributed by atoms with Gasteiger partial charge in [0, 0.05) is 30.0 Å². The lowest BCUT2D eigenvalue weighted by molar-refractivity contribution is -0.384. The van der Waals surface area contributed by atoms with Crippen molar-refractivity contribution in [3.63, 3.8) is 0 Å². The van der Waals surface area contributed by atoms with Crippen LogP contribution in [0.3, 0.4) is 0 Å². The molecule has 7 nitrogen and oxygen atoms in total. The molecule has 3 atom stereocenters.